The highest BCUT2D eigenvalue weighted by Crippen LogP contribution is 2.29. The van der Waals surface area contributed by atoms with Crippen LogP contribution in [0.2, 0.25) is 5.02 Å². The highest BCUT2D eigenvalue weighted by molar-refractivity contribution is 6.31. The molecule has 0 saturated carbocycles. The molecule has 0 unspecified atom stereocenters. The van der Waals surface area contributed by atoms with Crippen molar-refractivity contribution in [3.05, 3.63) is 41.4 Å². The SMILES string of the molecule is CCN(CCC#N)c1ccc(N=Nc2cc(Cl)cc3c2[n+](C)nn3C)cc1.O=C[O-]. The molecule has 0 aliphatic heterocycles. The van der Waals surface area contributed by atoms with Crippen LogP contribution in [0.25, 0.3) is 11.0 Å². The van der Waals surface area contributed by atoms with Crippen LogP contribution in [0.3, 0.4) is 0 Å². The van der Waals surface area contributed by atoms with Crippen molar-refractivity contribution >= 4 is 46.2 Å². The summed E-state index contributed by atoms with van der Waals surface area (Å²) in [6.07, 6.45) is 0.502. The molecule has 0 bridgehead atoms. The minimum Gasteiger partial charge on any atom is -0.554 e. The van der Waals surface area contributed by atoms with Crippen molar-refractivity contribution in [3.63, 3.8) is 0 Å². The molecule has 3 rings (SSSR count). The summed E-state index contributed by atoms with van der Waals surface area (Å²) in [5, 5.41) is 30.7. The number of rotatable bonds is 6. The number of halogens is 1. The summed E-state index contributed by atoms with van der Waals surface area (Å²) in [6.45, 7) is 3.13. The molecule has 1 aromatic heterocycles. The molecule has 0 aliphatic rings. The predicted octanol–water partition coefficient (Wildman–Crippen LogP) is 2.57. The Bertz CT molecular complexity index is 1070. The molecule has 0 spiro atoms. The van der Waals surface area contributed by atoms with Crippen LogP contribution in [0, 0.1) is 11.3 Å². The average Bonchev–Trinajstić information content (AvgIpc) is 3.01. The van der Waals surface area contributed by atoms with Crippen molar-refractivity contribution in [3.8, 4) is 6.07 Å². The van der Waals surface area contributed by atoms with Gasteiger partial charge in [0.25, 0.3) is 0 Å². The second-order valence-corrected chi connectivity index (χ2v) is 6.67. The first-order valence-corrected chi connectivity index (χ1v) is 9.54. The minimum atomic E-state index is -0.500. The van der Waals surface area contributed by atoms with Crippen LogP contribution < -0.4 is 14.7 Å². The summed E-state index contributed by atoms with van der Waals surface area (Å²) in [4.78, 5) is 10.4. The third-order valence-electron chi connectivity index (χ3n) is 4.34. The molecule has 0 amide bonds. The Morgan fingerprint density at radius 2 is 2.00 bits per heavy atom. The van der Waals surface area contributed by atoms with Gasteiger partial charge < -0.3 is 14.8 Å². The van der Waals surface area contributed by atoms with E-state index in [-0.39, 0.29) is 0 Å². The Hall–Kier alpha value is -3.51. The third-order valence-corrected chi connectivity index (χ3v) is 4.56. The normalized spacial score (nSPS) is 10.5. The fourth-order valence-electron chi connectivity index (χ4n) is 3.02. The van der Waals surface area contributed by atoms with Crippen LogP contribution >= 0.6 is 11.6 Å². The fraction of sp³-hybridized carbons (Fsp3) is 0.300. The lowest BCUT2D eigenvalue weighted by molar-refractivity contribution is -0.708. The minimum absolute atomic E-state index is 0.500. The number of hydrogen-bond donors (Lipinski definition) is 0. The zero-order chi connectivity index (χ0) is 22.1. The zero-order valence-electron chi connectivity index (χ0n) is 17.0. The number of aromatic nitrogens is 3. The van der Waals surface area contributed by atoms with Gasteiger partial charge in [0.15, 0.2) is 0 Å². The van der Waals surface area contributed by atoms with Gasteiger partial charge in [0.1, 0.15) is 19.8 Å². The molecule has 30 heavy (non-hydrogen) atoms. The van der Waals surface area contributed by atoms with Crippen LogP contribution in [0.15, 0.2) is 46.6 Å². The van der Waals surface area contributed by atoms with Crippen molar-refractivity contribution in [1.29, 1.82) is 5.26 Å². The summed E-state index contributed by atoms with van der Waals surface area (Å²) >= 11 is 6.22. The van der Waals surface area contributed by atoms with Gasteiger partial charge in [0.05, 0.1) is 23.4 Å². The number of aryl methyl sites for hydroxylation is 2. The Kier molecular flexibility index (Phi) is 8.26. The number of carboxylic acid groups (broad SMARTS) is 1. The average molecular weight is 428 g/mol. The molecule has 1 heterocycles. The van der Waals surface area contributed by atoms with Gasteiger partial charge in [-0.05, 0) is 37.3 Å². The summed E-state index contributed by atoms with van der Waals surface area (Å²) in [5.41, 5.74) is 4.24. The summed E-state index contributed by atoms with van der Waals surface area (Å²) in [7, 11) is 3.73. The molecule has 2 aromatic carbocycles. The van der Waals surface area contributed by atoms with Gasteiger partial charge in [-0.15, -0.1) is 14.5 Å². The molecule has 0 saturated heterocycles. The number of hydrogen-bond acceptors (Lipinski definition) is 7. The summed E-state index contributed by atoms with van der Waals surface area (Å²) in [5.74, 6) is 0. The Labute approximate surface area is 179 Å². The van der Waals surface area contributed by atoms with E-state index >= 15 is 0 Å². The number of benzene rings is 2. The topological polar surface area (TPSA) is 114 Å². The second-order valence-electron chi connectivity index (χ2n) is 6.23. The zero-order valence-corrected chi connectivity index (χ0v) is 17.7. The maximum atomic E-state index is 8.77. The first-order chi connectivity index (χ1) is 14.4. The van der Waals surface area contributed by atoms with E-state index in [4.69, 9.17) is 26.8 Å². The number of carbonyl (C=O) groups is 1. The summed E-state index contributed by atoms with van der Waals surface area (Å²) in [6, 6.07) is 13.6. The monoisotopic (exact) mass is 427 g/mol. The van der Waals surface area contributed by atoms with Gasteiger partial charge >= 0.3 is 0 Å². The van der Waals surface area contributed by atoms with Gasteiger partial charge in [-0.2, -0.15) is 10.4 Å². The van der Waals surface area contributed by atoms with E-state index in [0.717, 1.165) is 29.0 Å². The predicted molar refractivity (Wildman–Crippen MR) is 112 cm³/mol. The van der Waals surface area contributed by atoms with Gasteiger partial charge in [-0.1, -0.05) is 11.6 Å². The lowest BCUT2D eigenvalue weighted by Crippen LogP contribution is -2.31. The molecular formula is C20H22ClN7O2. The van der Waals surface area contributed by atoms with Crippen molar-refractivity contribution in [1.82, 2.24) is 9.90 Å². The molecule has 3 aromatic rings. The van der Waals surface area contributed by atoms with Gasteiger partial charge in [-0.25, -0.2) is 0 Å². The quantitative estimate of drug-likeness (QED) is 0.340. The first kappa shape index (κ1) is 22.8. The van der Waals surface area contributed by atoms with Crippen molar-refractivity contribution < 1.29 is 14.6 Å². The van der Waals surface area contributed by atoms with Crippen LogP contribution in [-0.4, -0.2) is 29.5 Å². The Morgan fingerprint density at radius 3 is 2.60 bits per heavy atom. The molecule has 0 N–H and O–H groups in total. The van der Waals surface area contributed by atoms with Crippen LogP contribution in [0.5, 0.6) is 0 Å². The molecule has 156 valence electrons. The molecule has 0 fully saturated rings. The Morgan fingerprint density at radius 1 is 1.33 bits per heavy atom. The molecular weight excluding hydrogens is 406 g/mol. The van der Waals surface area contributed by atoms with E-state index in [1.165, 1.54) is 0 Å². The van der Waals surface area contributed by atoms with Crippen LogP contribution in [-0.2, 0) is 18.9 Å². The third kappa shape index (κ3) is 5.52. The standard InChI is InChI=1S/C19H21ClN7.CH2O2/c1-4-27(11-5-10-21)16-8-6-15(7-9-16)22-23-17-12-14(20)13-18-19(17)26(3)24-25(18)2;2-1-3/h6-9,12-13H,4-5,11H2,1-3H3;1H,(H,2,3)/q+1;/p-1. The van der Waals surface area contributed by atoms with Crippen molar-refractivity contribution in [2.75, 3.05) is 18.0 Å². The smallest absolute Gasteiger partial charge is 0.225 e. The van der Waals surface area contributed by atoms with E-state index in [1.807, 2.05) is 44.4 Å². The number of anilines is 1. The highest BCUT2D eigenvalue weighted by Gasteiger charge is 2.18. The number of azo groups is 1. The highest BCUT2D eigenvalue weighted by atomic mass is 35.5. The van der Waals surface area contributed by atoms with Crippen molar-refractivity contribution in [2.24, 2.45) is 24.3 Å². The van der Waals surface area contributed by atoms with Crippen molar-refractivity contribution in [2.45, 2.75) is 13.3 Å². The maximum Gasteiger partial charge on any atom is 0.225 e. The number of nitrogens with zero attached hydrogens (tertiary/aromatic N) is 7. The van der Waals surface area contributed by atoms with E-state index in [2.05, 4.69) is 33.3 Å². The summed E-state index contributed by atoms with van der Waals surface area (Å²) < 4.78 is 3.52. The second kappa shape index (κ2) is 10.9. The first-order valence-electron chi connectivity index (χ1n) is 9.17. The Balaban J connectivity index is 0.00000101. The fourth-order valence-corrected chi connectivity index (χ4v) is 3.22. The van der Waals surface area contributed by atoms with Crippen LogP contribution in [0.1, 0.15) is 13.3 Å². The molecule has 0 radical (unpaired) electrons. The number of nitriles is 1. The van der Waals surface area contributed by atoms with E-state index in [1.54, 1.807) is 15.4 Å². The molecule has 9 nitrogen and oxygen atoms in total. The van der Waals surface area contributed by atoms with Gasteiger partial charge in [-0.3, -0.25) is 0 Å². The van der Waals surface area contributed by atoms with E-state index in [0.29, 0.717) is 23.7 Å². The molecule has 0 aliphatic carbocycles. The lowest BCUT2D eigenvalue weighted by atomic mass is 10.2. The lowest BCUT2D eigenvalue weighted by Gasteiger charge is -2.21. The van der Waals surface area contributed by atoms with E-state index in [9.17, 15) is 0 Å². The number of carbonyl (C=O) groups excluding carboxylic acids is 1. The number of fused-ring (bicyclic) bond motifs is 1. The van der Waals surface area contributed by atoms with Gasteiger partial charge in [0.2, 0.25) is 11.0 Å². The largest absolute Gasteiger partial charge is 0.554 e. The molecule has 10 heteroatoms. The maximum absolute atomic E-state index is 8.77. The van der Waals surface area contributed by atoms with Gasteiger partial charge in [0, 0.05) is 36.3 Å². The van der Waals surface area contributed by atoms with E-state index < -0.39 is 6.47 Å². The molecule has 0 atom stereocenters. The van der Waals surface area contributed by atoms with Crippen LogP contribution in [0.4, 0.5) is 17.1 Å².